The number of hydrogen-bond donors (Lipinski definition) is 1. The lowest BCUT2D eigenvalue weighted by atomic mass is 10.1. The smallest absolute Gasteiger partial charge is 0.224 e. The summed E-state index contributed by atoms with van der Waals surface area (Å²) < 4.78 is 0. The van der Waals surface area contributed by atoms with Crippen LogP contribution in [-0.4, -0.2) is 5.91 Å². The monoisotopic (exact) mass is 287 g/mol. The summed E-state index contributed by atoms with van der Waals surface area (Å²) >= 11 is 5.85. The topological polar surface area (TPSA) is 29.1 Å². The number of rotatable bonds is 4. The number of nitrogens with one attached hydrogen (secondary N) is 1. The molecular weight excluding hydrogens is 270 g/mol. The summed E-state index contributed by atoms with van der Waals surface area (Å²) in [5.74, 6) is 0.0244. The second-order valence-electron chi connectivity index (χ2n) is 5.00. The minimum Gasteiger partial charge on any atom is -0.349 e. The predicted octanol–water partition coefficient (Wildman–Crippen LogP) is 4.07. The molecule has 0 spiro atoms. The lowest BCUT2D eigenvalue weighted by Crippen LogP contribution is -2.28. The molecule has 1 N–H and O–H groups in total. The number of hydrogen-bond acceptors (Lipinski definition) is 1. The Kier molecular flexibility index (Phi) is 4.80. The fourth-order valence-electron chi connectivity index (χ4n) is 2.02. The average molecular weight is 288 g/mol. The first-order valence-corrected chi connectivity index (χ1v) is 7.03. The molecule has 20 heavy (non-hydrogen) atoms. The van der Waals surface area contributed by atoms with Crippen LogP contribution in [0, 0.1) is 6.92 Å². The third-order valence-corrected chi connectivity index (χ3v) is 3.48. The van der Waals surface area contributed by atoms with Crippen LogP contribution in [0.15, 0.2) is 48.5 Å². The highest BCUT2D eigenvalue weighted by molar-refractivity contribution is 6.30. The van der Waals surface area contributed by atoms with Crippen molar-refractivity contribution in [1.82, 2.24) is 5.32 Å². The summed E-state index contributed by atoms with van der Waals surface area (Å²) in [6.07, 6.45) is 0.401. The molecule has 2 nitrogen and oxygen atoms in total. The first-order valence-electron chi connectivity index (χ1n) is 6.65. The van der Waals surface area contributed by atoms with Gasteiger partial charge >= 0.3 is 0 Å². The largest absolute Gasteiger partial charge is 0.349 e. The number of carbonyl (C=O) groups excluding carboxylic acids is 1. The third-order valence-electron chi connectivity index (χ3n) is 3.23. The van der Waals surface area contributed by atoms with E-state index in [1.807, 2.05) is 62.4 Å². The first-order chi connectivity index (χ1) is 9.54. The maximum Gasteiger partial charge on any atom is 0.224 e. The van der Waals surface area contributed by atoms with Crippen molar-refractivity contribution in [3.63, 3.8) is 0 Å². The molecular formula is C17H18ClNO. The van der Waals surface area contributed by atoms with Crippen LogP contribution in [0.5, 0.6) is 0 Å². The van der Waals surface area contributed by atoms with Gasteiger partial charge in [0.15, 0.2) is 0 Å². The molecule has 1 amide bonds. The van der Waals surface area contributed by atoms with Crippen molar-refractivity contribution in [2.75, 3.05) is 0 Å². The molecule has 0 aliphatic rings. The van der Waals surface area contributed by atoms with Crippen LogP contribution in [0.2, 0.25) is 5.02 Å². The SMILES string of the molecule is Cc1ccc(CC(=O)N[C@H](C)c2ccc(Cl)cc2)cc1. The average Bonchev–Trinajstić information content (AvgIpc) is 2.42. The van der Waals surface area contributed by atoms with Crippen molar-refractivity contribution < 1.29 is 4.79 Å². The molecule has 0 unspecified atom stereocenters. The summed E-state index contributed by atoms with van der Waals surface area (Å²) in [5.41, 5.74) is 3.27. The molecule has 0 aliphatic carbocycles. The van der Waals surface area contributed by atoms with E-state index >= 15 is 0 Å². The van der Waals surface area contributed by atoms with Crippen LogP contribution in [-0.2, 0) is 11.2 Å². The van der Waals surface area contributed by atoms with Crippen molar-refractivity contribution >= 4 is 17.5 Å². The molecule has 0 bridgehead atoms. The van der Waals surface area contributed by atoms with Crippen LogP contribution in [0.25, 0.3) is 0 Å². The Morgan fingerprint density at radius 2 is 1.70 bits per heavy atom. The van der Waals surface area contributed by atoms with E-state index in [0.717, 1.165) is 11.1 Å². The standard InChI is InChI=1S/C17H18ClNO/c1-12-3-5-14(6-4-12)11-17(20)19-13(2)15-7-9-16(18)10-8-15/h3-10,13H,11H2,1-2H3,(H,19,20)/t13-/m1/s1. The highest BCUT2D eigenvalue weighted by Gasteiger charge is 2.10. The van der Waals surface area contributed by atoms with E-state index in [0.29, 0.717) is 11.4 Å². The summed E-state index contributed by atoms with van der Waals surface area (Å²) in [5, 5.41) is 3.70. The summed E-state index contributed by atoms with van der Waals surface area (Å²) in [6, 6.07) is 15.5. The highest BCUT2D eigenvalue weighted by Crippen LogP contribution is 2.16. The first kappa shape index (κ1) is 14.6. The lowest BCUT2D eigenvalue weighted by Gasteiger charge is -2.14. The summed E-state index contributed by atoms with van der Waals surface area (Å²) in [4.78, 5) is 12.0. The van der Waals surface area contributed by atoms with Gasteiger partial charge < -0.3 is 5.32 Å². The van der Waals surface area contributed by atoms with Gasteiger partial charge in [-0.25, -0.2) is 0 Å². The second-order valence-corrected chi connectivity index (χ2v) is 5.44. The van der Waals surface area contributed by atoms with Crippen LogP contribution >= 0.6 is 11.6 Å². The van der Waals surface area contributed by atoms with Crippen LogP contribution in [0.1, 0.15) is 29.7 Å². The minimum absolute atomic E-state index is 0.0229. The number of amides is 1. The molecule has 1 atom stereocenters. The number of benzene rings is 2. The van der Waals surface area contributed by atoms with E-state index in [9.17, 15) is 4.79 Å². The molecule has 104 valence electrons. The van der Waals surface area contributed by atoms with Crippen molar-refractivity contribution in [2.24, 2.45) is 0 Å². The Morgan fingerprint density at radius 1 is 1.10 bits per heavy atom. The van der Waals surface area contributed by atoms with E-state index in [-0.39, 0.29) is 11.9 Å². The molecule has 2 rings (SSSR count). The summed E-state index contributed by atoms with van der Waals surface area (Å²) in [7, 11) is 0. The zero-order valence-corrected chi connectivity index (χ0v) is 12.4. The van der Waals surface area contributed by atoms with Crippen molar-refractivity contribution in [1.29, 1.82) is 0 Å². The fraction of sp³-hybridized carbons (Fsp3) is 0.235. The molecule has 0 fully saturated rings. The maximum atomic E-state index is 12.0. The van der Waals surface area contributed by atoms with Crippen molar-refractivity contribution in [3.8, 4) is 0 Å². The van der Waals surface area contributed by atoms with Crippen LogP contribution < -0.4 is 5.32 Å². The molecule has 0 heterocycles. The van der Waals surface area contributed by atoms with E-state index in [2.05, 4.69) is 5.32 Å². The molecule has 0 radical (unpaired) electrons. The molecule has 2 aromatic rings. The van der Waals surface area contributed by atoms with Gasteiger partial charge in [-0.2, -0.15) is 0 Å². The van der Waals surface area contributed by atoms with Gasteiger partial charge in [0.05, 0.1) is 12.5 Å². The molecule has 0 aliphatic heterocycles. The molecule has 2 aromatic carbocycles. The van der Waals surface area contributed by atoms with E-state index < -0.39 is 0 Å². The van der Waals surface area contributed by atoms with Crippen LogP contribution in [0.3, 0.4) is 0 Å². The van der Waals surface area contributed by atoms with Crippen LogP contribution in [0.4, 0.5) is 0 Å². The predicted molar refractivity (Wildman–Crippen MR) is 82.9 cm³/mol. The molecule has 3 heteroatoms. The van der Waals surface area contributed by atoms with Gasteiger partial charge in [0.2, 0.25) is 5.91 Å². The highest BCUT2D eigenvalue weighted by atomic mass is 35.5. The normalized spacial score (nSPS) is 11.9. The van der Waals surface area contributed by atoms with Gasteiger partial charge in [0.25, 0.3) is 0 Å². The van der Waals surface area contributed by atoms with Crippen molar-refractivity contribution in [3.05, 3.63) is 70.2 Å². The Balaban J connectivity index is 1.93. The minimum atomic E-state index is -0.0229. The second kappa shape index (κ2) is 6.58. The Hall–Kier alpha value is -1.80. The zero-order valence-electron chi connectivity index (χ0n) is 11.7. The van der Waals surface area contributed by atoms with Gasteiger partial charge in [-0.05, 0) is 37.1 Å². The number of carbonyl (C=O) groups is 1. The zero-order chi connectivity index (χ0) is 14.5. The molecule has 0 saturated heterocycles. The van der Waals surface area contributed by atoms with Gasteiger partial charge in [0, 0.05) is 5.02 Å². The van der Waals surface area contributed by atoms with Crippen molar-refractivity contribution in [2.45, 2.75) is 26.3 Å². The van der Waals surface area contributed by atoms with Gasteiger partial charge in [0.1, 0.15) is 0 Å². The quantitative estimate of drug-likeness (QED) is 0.902. The number of aryl methyl sites for hydroxylation is 1. The van der Waals surface area contributed by atoms with Gasteiger partial charge in [-0.15, -0.1) is 0 Å². The number of halogens is 1. The Morgan fingerprint density at radius 3 is 2.30 bits per heavy atom. The van der Waals surface area contributed by atoms with E-state index in [1.54, 1.807) is 0 Å². The third kappa shape index (κ3) is 4.10. The van der Waals surface area contributed by atoms with Gasteiger partial charge in [-0.3, -0.25) is 4.79 Å². The lowest BCUT2D eigenvalue weighted by molar-refractivity contribution is -0.121. The Bertz CT molecular complexity index is 575. The van der Waals surface area contributed by atoms with Gasteiger partial charge in [-0.1, -0.05) is 53.6 Å². The fourth-order valence-corrected chi connectivity index (χ4v) is 2.14. The molecule has 0 aromatic heterocycles. The summed E-state index contributed by atoms with van der Waals surface area (Å²) in [6.45, 7) is 4.00. The Labute approximate surface area is 124 Å². The van der Waals surface area contributed by atoms with E-state index in [4.69, 9.17) is 11.6 Å². The van der Waals surface area contributed by atoms with E-state index in [1.165, 1.54) is 5.56 Å². The molecule has 0 saturated carbocycles. The maximum absolute atomic E-state index is 12.0.